The van der Waals surface area contributed by atoms with E-state index in [1.165, 1.54) is 6.07 Å². The van der Waals surface area contributed by atoms with Crippen molar-refractivity contribution in [1.29, 1.82) is 0 Å². The van der Waals surface area contributed by atoms with Crippen LogP contribution >= 0.6 is 0 Å². The molecule has 0 saturated carbocycles. The van der Waals surface area contributed by atoms with Crippen molar-refractivity contribution in [3.05, 3.63) is 41.5 Å². The minimum atomic E-state index is -4.87. The zero-order valence-corrected chi connectivity index (χ0v) is 9.84. The number of anilines is 1. The van der Waals surface area contributed by atoms with Gasteiger partial charge in [-0.05, 0) is 35.4 Å². The highest BCUT2D eigenvalue weighted by Crippen LogP contribution is 2.35. The van der Waals surface area contributed by atoms with Gasteiger partial charge in [0.1, 0.15) is 0 Å². The third-order valence-electron chi connectivity index (χ3n) is 3.38. The van der Waals surface area contributed by atoms with Gasteiger partial charge in [0.2, 0.25) is 0 Å². The van der Waals surface area contributed by atoms with Crippen LogP contribution in [0.15, 0.2) is 30.3 Å². The topological polar surface area (TPSA) is 29.1 Å². The van der Waals surface area contributed by atoms with Gasteiger partial charge in [0.15, 0.2) is 0 Å². The number of carbonyl (C=O) groups excluding carboxylic acids is 1. The number of aryl methyl sites for hydroxylation is 2. The van der Waals surface area contributed by atoms with E-state index in [0.717, 1.165) is 29.4 Å². The molecule has 0 aromatic heterocycles. The maximum Gasteiger partial charge on any atom is 0.471 e. The van der Waals surface area contributed by atoms with Crippen LogP contribution < -0.4 is 5.32 Å². The van der Waals surface area contributed by atoms with Crippen molar-refractivity contribution < 1.29 is 18.0 Å². The second-order valence-corrected chi connectivity index (χ2v) is 4.56. The quantitative estimate of drug-likeness (QED) is 0.840. The number of benzene rings is 2. The highest BCUT2D eigenvalue weighted by molar-refractivity contribution is 6.06. The fraction of sp³-hybridized carbons (Fsp3) is 0.214. The Morgan fingerprint density at radius 3 is 2.42 bits per heavy atom. The fourth-order valence-electron chi connectivity index (χ4n) is 2.55. The Hall–Kier alpha value is -2.04. The highest BCUT2D eigenvalue weighted by atomic mass is 19.4. The summed E-state index contributed by atoms with van der Waals surface area (Å²) in [6, 6.07) is 8.82. The Labute approximate surface area is 107 Å². The lowest BCUT2D eigenvalue weighted by Gasteiger charge is -2.11. The summed E-state index contributed by atoms with van der Waals surface area (Å²) in [5.74, 6) is -1.94. The van der Waals surface area contributed by atoms with E-state index in [9.17, 15) is 18.0 Å². The summed E-state index contributed by atoms with van der Waals surface area (Å²) in [6.45, 7) is 0. The largest absolute Gasteiger partial charge is 0.471 e. The summed E-state index contributed by atoms with van der Waals surface area (Å²) in [5.41, 5.74) is 2.45. The normalized spacial score (nSPS) is 13.8. The lowest BCUT2D eigenvalue weighted by Crippen LogP contribution is -2.30. The molecule has 0 atom stereocenters. The SMILES string of the molecule is O=C(Nc1ccc2c3c(cccc13)CC2)C(F)(F)F. The van der Waals surface area contributed by atoms with Crippen LogP contribution in [0, 0.1) is 0 Å². The van der Waals surface area contributed by atoms with Crippen LogP contribution in [0.2, 0.25) is 0 Å². The van der Waals surface area contributed by atoms with Crippen molar-refractivity contribution in [1.82, 2.24) is 0 Å². The zero-order valence-electron chi connectivity index (χ0n) is 9.84. The zero-order chi connectivity index (χ0) is 13.6. The maximum atomic E-state index is 12.3. The second kappa shape index (κ2) is 3.98. The molecule has 98 valence electrons. The van der Waals surface area contributed by atoms with Gasteiger partial charge < -0.3 is 5.32 Å². The first kappa shape index (κ1) is 12.0. The van der Waals surface area contributed by atoms with Gasteiger partial charge in [0.05, 0.1) is 0 Å². The molecule has 0 radical (unpaired) electrons. The molecule has 0 heterocycles. The first-order valence-electron chi connectivity index (χ1n) is 5.88. The van der Waals surface area contributed by atoms with E-state index in [4.69, 9.17) is 0 Å². The molecule has 2 aromatic rings. The molecule has 5 heteroatoms. The summed E-state index contributed by atoms with van der Waals surface area (Å²) in [6.07, 6.45) is -3.09. The van der Waals surface area contributed by atoms with Crippen molar-refractivity contribution in [2.45, 2.75) is 19.0 Å². The molecule has 0 spiro atoms. The Kier molecular flexibility index (Phi) is 2.52. The summed E-state index contributed by atoms with van der Waals surface area (Å²) < 4.78 is 36.9. The van der Waals surface area contributed by atoms with Crippen LogP contribution in [0.3, 0.4) is 0 Å². The fourth-order valence-corrected chi connectivity index (χ4v) is 2.55. The first-order valence-corrected chi connectivity index (χ1v) is 5.88. The average Bonchev–Trinajstić information content (AvgIpc) is 2.76. The number of alkyl halides is 3. The lowest BCUT2D eigenvalue weighted by atomic mass is 10.0. The van der Waals surface area contributed by atoms with Gasteiger partial charge >= 0.3 is 12.1 Å². The molecule has 1 N–H and O–H groups in total. The summed E-state index contributed by atoms with van der Waals surface area (Å²) in [7, 11) is 0. The molecule has 0 aliphatic heterocycles. The van der Waals surface area contributed by atoms with Crippen LogP contribution in [0.1, 0.15) is 11.1 Å². The van der Waals surface area contributed by atoms with Gasteiger partial charge in [0, 0.05) is 11.1 Å². The number of nitrogens with one attached hydrogen (secondary N) is 1. The molecule has 1 amide bonds. The minimum Gasteiger partial charge on any atom is -0.318 e. The predicted molar refractivity (Wildman–Crippen MR) is 66.0 cm³/mol. The van der Waals surface area contributed by atoms with Crippen molar-refractivity contribution in [2.75, 3.05) is 5.32 Å². The number of hydrogen-bond donors (Lipinski definition) is 1. The molecule has 1 aliphatic carbocycles. The molecule has 2 aromatic carbocycles. The molecule has 0 unspecified atom stereocenters. The molecule has 0 saturated heterocycles. The Morgan fingerprint density at radius 1 is 1.05 bits per heavy atom. The summed E-state index contributed by atoms with van der Waals surface area (Å²) in [5, 5.41) is 3.59. The number of carbonyl (C=O) groups is 1. The summed E-state index contributed by atoms with van der Waals surface area (Å²) >= 11 is 0. The Balaban J connectivity index is 2.09. The molecule has 19 heavy (non-hydrogen) atoms. The van der Waals surface area contributed by atoms with E-state index < -0.39 is 12.1 Å². The van der Waals surface area contributed by atoms with Gasteiger partial charge in [-0.3, -0.25) is 4.79 Å². The van der Waals surface area contributed by atoms with Crippen LogP contribution in [0.4, 0.5) is 18.9 Å². The van der Waals surface area contributed by atoms with Gasteiger partial charge in [-0.25, -0.2) is 0 Å². The molecular formula is C14H10F3NO. The predicted octanol–water partition coefficient (Wildman–Crippen LogP) is 3.44. The average molecular weight is 265 g/mol. The molecule has 1 aliphatic rings. The lowest BCUT2D eigenvalue weighted by molar-refractivity contribution is -0.167. The number of halogens is 3. The van der Waals surface area contributed by atoms with E-state index >= 15 is 0 Å². The van der Waals surface area contributed by atoms with Gasteiger partial charge in [-0.1, -0.05) is 24.3 Å². The molecule has 3 rings (SSSR count). The van der Waals surface area contributed by atoms with Gasteiger partial charge in [0.25, 0.3) is 0 Å². The van der Waals surface area contributed by atoms with E-state index in [-0.39, 0.29) is 5.69 Å². The van der Waals surface area contributed by atoms with Gasteiger partial charge in [-0.2, -0.15) is 13.2 Å². The molecule has 2 nitrogen and oxygen atoms in total. The third kappa shape index (κ3) is 1.95. The van der Waals surface area contributed by atoms with Crippen LogP contribution in [0.25, 0.3) is 10.8 Å². The van der Waals surface area contributed by atoms with E-state index in [1.54, 1.807) is 18.2 Å². The third-order valence-corrected chi connectivity index (χ3v) is 3.38. The van der Waals surface area contributed by atoms with E-state index in [0.29, 0.717) is 5.39 Å². The number of rotatable bonds is 1. The summed E-state index contributed by atoms with van der Waals surface area (Å²) in [4.78, 5) is 11.0. The standard InChI is InChI=1S/C14H10F3NO/c15-14(16,17)13(19)18-11-7-6-9-5-4-8-2-1-3-10(11)12(8)9/h1-3,6-7H,4-5H2,(H,18,19). The number of hydrogen-bond acceptors (Lipinski definition) is 1. The maximum absolute atomic E-state index is 12.3. The van der Waals surface area contributed by atoms with Crippen molar-refractivity contribution in [3.8, 4) is 0 Å². The van der Waals surface area contributed by atoms with Crippen LogP contribution in [0.5, 0.6) is 0 Å². The molecule has 0 bridgehead atoms. The van der Waals surface area contributed by atoms with Crippen molar-refractivity contribution in [2.24, 2.45) is 0 Å². The smallest absolute Gasteiger partial charge is 0.318 e. The highest BCUT2D eigenvalue weighted by Gasteiger charge is 2.39. The monoisotopic (exact) mass is 265 g/mol. The number of amides is 1. The van der Waals surface area contributed by atoms with Crippen molar-refractivity contribution in [3.63, 3.8) is 0 Å². The van der Waals surface area contributed by atoms with E-state index in [2.05, 4.69) is 0 Å². The minimum absolute atomic E-state index is 0.213. The molecule has 0 fully saturated rings. The van der Waals surface area contributed by atoms with Crippen LogP contribution in [-0.2, 0) is 17.6 Å². The molecular weight excluding hydrogens is 255 g/mol. The first-order chi connectivity index (χ1) is 8.97. The van der Waals surface area contributed by atoms with Crippen molar-refractivity contribution >= 4 is 22.4 Å². The van der Waals surface area contributed by atoms with E-state index in [1.807, 2.05) is 11.4 Å². The Bertz CT molecular complexity index is 666. The van der Waals surface area contributed by atoms with Crippen LogP contribution in [-0.4, -0.2) is 12.1 Å². The van der Waals surface area contributed by atoms with Gasteiger partial charge in [-0.15, -0.1) is 0 Å². The second-order valence-electron chi connectivity index (χ2n) is 4.56. The Morgan fingerprint density at radius 2 is 1.74 bits per heavy atom.